The number of phenolic OH excluding ortho intramolecular Hbond substituents is 1. The van der Waals surface area contributed by atoms with Crippen molar-refractivity contribution in [2.24, 2.45) is 0 Å². The Morgan fingerprint density at radius 2 is 1.96 bits per heavy atom. The summed E-state index contributed by atoms with van der Waals surface area (Å²) < 4.78 is 1.13. The minimum Gasteiger partial charge on any atom is -0.508 e. The quantitative estimate of drug-likeness (QED) is 0.629. The maximum Gasteiger partial charge on any atom is 0.315 e. The van der Waals surface area contributed by atoms with Crippen LogP contribution in [-0.2, 0) is 13.0 Å². The lowest BCUT2D eigenvalue weighted by molar-refractivity contribution is 0.237. The van der Waals surface area contributed by atoms with Crippen LogP contribution in [0, 0.1) is 0 Å². The molecule has 0 saturated carbocycles. The van der Waals surface area contributed by atoms with Crippen molar-refractivity contribution in [3.63, 3.8) is 0 Å². The van der Waals surface area contributed by atoms with Gasteiger partial charge in [0.15, 0.2) is 0 Å². The molecule has 0 spiro atoms. The second kappa shape index (κ2) is 7.98. The Kier molecular flexibility index (Phi) is 5.50. The average Bonchev–Trinajstić information content (AvgIpc) is 3.02. The third kappa shape index (κ3) is 4.93. The molecule has 1 unspecified atom stereocenters. The summed E-state index contributed by atoms with van der Waals surface area (Å²) in [6.07, 6.45) is 1.68. The van der Waals surface area contributed by atoms with E-state index in [1.54, 1.807) is 23.5 Å². The van der Waals surface area contributed by atoms with Gasteiger partial charge in [0.2, 0.25) is 0 Å². The second-order valence-corrected chi connectivity index (χ2v) is 7.12. The molecule has 0 saturated heterocycles. The number of hydrogen-bond acceptors (Lipinski definition) is 4. The van der Waals surface area contributed by atoms with Crippen LogP contribution in [0.15, 0.2) is 48.5 Å². The molecule has 0 aliphatic carbocycles. The molecule has 0 bridgehead atoms. The Hall–Kier alpha value is -2.60. The molecule has 130 valence electrons. The van der Waals surface area contributed by atoms with Crippen molar-refractivity contribution in [2.45, 2.75) is 32.4 Å². The molecule has 0 fully saturated rings. The van der Waals surface area contributed by atoms with E-state index in [9.17, 15) is 9.90 Å². The van der Waals surface area contributed by atoms with E-state index in [1.807, 2.05) is 43.3 Å². The van der Waals surface area contributed by atoms with Crippen molar-refractivity contribution in [2.75, 3.05) is 0 Å². The Labute approximate surface area is 150 Å². The molecule has 3 N–H and O–H groups in total. The van der Waals surface area contributed by atoms with Gasteiger partial charge in [0.05, 0.1) is 16.8 Å². The van der Waals surface area contributed by atoms with Gasteiger partial charge in [-0.2, -0.15) is 0 Å². The molecular weight excluding hydrogens is 334 g/mol. The number of hydrogen-bond donors (Lipinski definition) is 3. The van der Waals surface area contributed by atoms with Crippen LogP contribution < -0.4 is 10.6 Å². The van der Waals surface area contributed by atoms with Crippen molar-refractivity contribution in [3.05, 3.63) is 59.1 Å². The van der Waals surface area contributed by atoms with Crippen LogP contribution in [0.25, 0.3) is 10.2 Å². The highest BCUT2D eigenvalue weighted by molar-refractivity contribution is 7.18. The number of aromatic hydroxyl groups is 1. The maximum absolute atomic E-state index is 12.0. The minimum atomic E-state index is -0.183. The molecule has 6 heteroatoms. The Balaban J connectivity index is 1.42. The summed E-state index contributed by atoms with van der Waals surface area (Å²) in [6, 6.07) is 15.0. The minimum absolute atomic E-state index is 0.0594. The van der Waals surface area contributed by atoms with Gasteiger partial charge in [0.25, 0.3) is 0 Å². The fourth-order valence-corrected chi connectivity index (χ4v) is 3.45. The van der Waals surface area contributed by atoms with Gasteiger partial charge in [-0.25, -0.2) is 9.78 Å². The number of aromatic nitrogens is 1. The number of nitrogens with zero attached hydrogens (tertiary/aromatic N) is 1. The number of urea groups is 1. The predicted molar refractivity (Wildman–Crippen MR) is 101 cm³/mol. The van der Waals surface area contributed by atoms with E-state index in [0.29, 0.717) is 6.54 Å². The van der Waals surface area contributed by atoms with E-state index in [1.165, 1.54) is 0 Å². The molecule has 5 nitrogen and oxygen atoms in total. The van der Waals surface area contributed by atoms with Crippen molar-refractivity contribution < 1.29 is 9.90 Å². The number of nitrogens with one attached hydrogen (secondary N) is 2. The number of carbonyl (C=O) groups is 1. The molecule has 3 rings (SSSR count). The number of phenols is 1. The smallest absolute Gasteiger partial charge is 0.315 e. The van der Waals surface area contributed by atoms with Crippen LogP contribution in [0.4, 0.5) is 4.79 Å². The monoisotopic (exact) mass is 355 g/mol. The summed E-state index contributed by atoms with van der Waals surface area (Å²) in [5, 5.41) is 16.0. The molecule has 1 heterocycles. The van der Waals surface area contributed by atoms with Crippen molar-refractivity contribution in [1.29, 1.82) is 0 Å². The molecule has 2 amide bonds. The van der Waals surface area contributed by atoms with E-state index in [2.05, 4.69) is 15.6 Å². The van der Waals surface area contributed by atoms with Crippen LogP contribution in [-0.4, -0.2) is 22.2 Å². The number of thiazole rings is 1. The van der Waals surface area contributed by atoms with Crippen molar-refractivity contribution in [3.8, 4) is 5.75 Å². The van der Waals surface area contributed by atoms with Crippen LogP contribution in [0.1, 0.15) is 23.9 Å². The van der Waals surface area contributed by atoms with Gasteiger partial charge in [-0.05, 0) is 49.6 Å². The van der Waals surface area contributed by atoms with Crippen LogP contribution >= 0.6 is 11.3 Å². The Morgan fingerprint density at radius 1 is 1.20 bits per heavy atom. The molecule has 1 aromatic heterocycles. The lowest BCUT2D eigenvalue weighted by atomic mass is 10.1. The topological polar surface area (TPSA) is 74.2 Å². The third-order valence-electron chi connectivity index (χ3n) is 3.92. The normalized spacial score (nSPS) is 12.0. The molecule has 25 heavy (non-hydrogen) atoms. The van der Waals surface area contributed by atoms with E-state index in [0.717, 1.165) is 33.6 Å². The number of benzene rings is 2. The fraction of sp³-hybridized carbons (Fsp3) is 0.263. The largest absolute Gasteiger partial charge is 0.508 e. The number of para-hydroxylation sites is 1. The number of carbonyl (C=O) groups excluding carboxylic acids is 1. The number of fused-ring (bicyclic) bond motifs is 1. The summed E-state index contributed by atoms with van der Waals surface area (Å²) in [5.74, 6) is 0.268. The first-order valence-corrected chi connectivity index (χ1v) is 9.08. The van der Waals surface area contributed by atoms with Gasteiger partial charge in [-0.3, -0.25) is 0 Å². The molecule has 0 radical (unpaired) electrons. The first kappa shape index (κ1) is 17.2. The van der Waals surface area contributed by atoms with Gasteiger partial charge in [0, 0.05) is 6.04 Å². The van der Waals surface area contributed by atoms with Crippen molar-refractivity contribution >= 4 is 27.6 Å². The van der Waals surface area contributed by atoms with E-state index >= 15 is 0 Å². The van der Waals surface area contributed by atoms with Crippen LogP contribution in [0.2, 0.25) is 0 Å². The van der Waals surface area contributed by atoms with Gasteiger partial charge in [-0.15, -0.1) is 11.3 Å². The van der Waals surface area contributed by atoms with Crippen LogP contribution in [0.5, 0.6) is 5.75 Å². The highest BCUT2D eigenvalue weighted by Gasteiger charge is 2.09. The summed E-state index contributed by atoms with van der Waals surface area (Å²) in [4.78, 5) is 16.5. The van der Waals surface area contributed by atoms with Gasteiger partial charge in [-0.1, -0.05) is 24.3 Å². The predicted octanol–water partition coefficient (Wildman–Crippen LogP) is 3.82. The lowest BCUT2D eigenvalue weighted by Gasteiger charge is -2.14. The van der Waals surface area contributed by atoms with Gasteiger partial charge < -0.3 is 15.7 Å². The van der Waals surface area contributed by atoms with Gasteiger partial charge >= 0.3 is 6.03 Å². The first-order chi connectivity index (χ1) is 12.1. The number of aryl methyl sites for hydroxylation is 1. The second-order valence-electron chi connectivity index (χ2n) is 6.01. The maximum atomic E-state index is 12.0. The van der Waals surface area contributed by atoms with E-state index < -0.39 is 0 Å². The molecule has 2 aromatic carbocycles. The highest BCUT2D eigenvalue weighted by Crippen LogP contribution is 2.21. The zero-order valence-electron chi connectivity index (χ0n) is 14.0. The first-order valence-electron chi connectivity index (χ1n) is 8.27. The number of amides is 2. The summed E-state index contributed by atoms with van der Waals surface area (Å²) in [7, 11) is 0. The Morgan fingerprint density at radius 3 is 2.72 bits per heavy atom. The number of rotatable bonds is 6. The van der Waals surface area contributed by atoms with Crippen LogP contribution in [0.3, 0.4) is 0 Å². The molecule has 3 aromatic rings. The van der Waals surface area contributed by atoms with Gasteiger partial charge in [0.1, 0.15) is 10.8 Å². The average molecular weight is 355 g/mol. The lowest BCUT2D eigenvalue weighted by Crippen LogP contribution is -2.40. The SMILES string of the molecule is CC(CCc1ccc(O)cc1)NC(=O)NCc1nc2ccccc2s1. The summed E-state index contributed by atoms with van der Waals surface area (Å²) in [6.45, 7) is 2.41. The molecule has 0 aliphatic rings. The van der Waals surface area contributed by atoms with E-state index in [4.69, 9.17) is 0 Å². The zero-order chi connectivity index (χ0) is 17.6. The summed E-state index contributed by atoms with van der Waals surface area (Å²) >= 11 is 1.59. The Bertz CT molecular complexity index is 812. The van der Waals surface area contributed by atoms with E-state index in [-0.39, 0.29) is 17.8 Å². The zero-order valence-corrected chi connectivity index (χ0v) is 14.8. The standard InChI is InChI=1S/C19H21N3O2S/c1-13(6-7-14-8-10-15(23)11-9-14)21-19(24)20-12-18-22-16-4-2-3-5-17(16)25-18/h2-5,8-11,13,23H,6-7,12H2,1H3,(H2,20,21,24). The fourth-order valence-electron chi connectivity index (χ4n) is 2.54. The molecule has 1 atom stereocenters. The molecular formula is C19H21N3O2S. The molecule has 0 aliphatic heterocycles. The third-order valence-corrected chi connectivity index (χ3v) is 4.95. The highest BCUT2D eigenvalue weighted by atomic mass is 32.1. The summed E-state index contributed by atoms with van der Waals surface area (Å²) in [5.41, 5.74) is 2.10. The van der Waals surface area contributed by atoms with Crippen molar-refractivity contribution in [1.82, 2.24) is 15.6 Å².